The fourth-order valence-corrected chi connectivity index (χ4v) is 4.83. The number of aromatic nitrogens is 1. The highest BCUT2D eigenvalue weighted by molar-refractivity contribution is 6.06. The summed E-state index contributed by atoms with van der Waals surface area (Å²) >= 11 is 0. The summed E-state index contributed by atoms with van der Waals surface area (Å²) in [5.74, 6) is -1.40. The number of phenolic OH excluding ortho intramolecular Hbond substituents is 1. The second-order valence-electron chi connectivity index (χ2n) is 9.96. The smallest absolute Gasteiger partial charge is 0.336 e. The number of methoxy groups -OCH3 is 1. The number of rotatable bonds is 11. The number of ether oxygens (including phenoxy) is 1. The monoisotopic (exact) mass is 520 g/mol. The van der Waals surface area contributed by atoms with Crippen LogP contribution in [0.25, 0.3) is 10.9 Å². The zero-order valence-corrected chi connectivity index (χ0v) is 22.0. The van der Waals surface area contributed by atoms with Gasteiger partial charge in [0, 0.05) is 38.7 Å². The summed E-state index contributed by atoms with van der Waals surface area (Å²) in [5, 5.41) is 22.9. The Morgan fingerprint density at radius 1 is 1.05 bits per heavy atom. The van der Waals surface area contributed by atoms with Crippen molar-refractivity contribution in [2.75, 3.05) is 53.5 Å². The highest BCUT2D eigenvalue weighted by Crippen LogP contribution is 2.22. The Balaban J connectivity index is 1.47. The number of benzene rings is 2. The van der Waals surface area contributed by atoms with Gasteiger partial charge in [0.1, 0.15) is 11.4 Å². The van der Waals surface area contributed by atoms with E-state index in [1.807, 2.05) is 12.1 Å². The molecule has 202 valence electrons. The Bertz CT molecular complexity index is 1260. The number of nitrogens with zero attached hydrogens (tertiary/aromatic N) is 3. The largest absolute Gasteiger partial charge is 0.508 e. The molecule has 0 unspecified atom stereocenters. The maximum atomic E-state index is 13.1. The molecule has 1 aliphatic rings. The average molecular weight is 521 g/mol. The van der Waals surface area contributed by atoms with Crippen molar-refractivity contribution in [1.82, 2.24) is 20.1 Å². The van der Waals surface area contributed by atoms with Gasteiger partial charge in [-0.2, -0.15) is 0 Å². The number of hydrogen-bond donors (Lipinski definition) is 3. The number of carboxylic acids is 1. The lowest BCUT2D eigenvalue weighted by Gasteiger charge is -2.32. The second kappa shape index (κ2) is 12.8. The standard InChI is InChI=1S/C29H36N4O5/c1-32-12-14-33(15-13-32)11-3-4-20-7-10-26-24(17-20)25(29(36)37)18-27(31-26)28(35)30-22(19-38-2)16-21-5-8-23(34)9-6-21/h5-10,17-18,22,34H,3-4,11-16,19H2,1-2H3,(H,30,35)(H,36,37)/t22-/m0/s1. The van der Waals surface area contributed by atoms with Crippen LogP contribution in [0.4, 0.5) is 0 Å². The SMILES string of the molecule is COC[C@H](Cc1ccc(O)cc1)NC(=O)c1cc(C(=O)O)c2cc(CCCN3CCN(C)CC3)ccc2n1. The highest BCUT2D eigenvalue weighted by atomic mass is 16.5. The summed E-state index contributed by atoms with van der Waals surface area (Å²) in [6, 6.07) is 13.4. The molecule has 1 atom stereocenters. The van der Waals surface area contributed by atoms with Crippen molar-refractivity contribution in [3.05, 3.63) is 70.9 Å². The molecule has 0 aliphatic carbocycles. The predicted octanol–water partition coefficient (Wildman–Crippen LogP) is 2.81. The first kappa shape index (κ1) is 27.5. The Hall–Kier alpha value is -3.53. The Labute approximate surface area is 223 Å². The summed E-state index contributed by atoms with van der Waals surface area (Å²) in [6.07, 6.45) is 2.32. The van der Waals surface area contributed by atoms with E-state index in [-0.39, 0.29) is 29.7 Å². The van der Waals surface area contributed by atoms with Gasteiger partial charge in [-0.05, 0) is 74.3 Å². The number of aryl methyl sites for hydroxylation is 1. The van der Waals surface area contributed by atoms with Crippen molar-refractivity contribution in [1.29, 1.82) is 0 Å². The first-order valence-electron chi connectivity index (χ1n) is 13.0. The normalized spacial score (nSPS) is 15.4. The summed E-state index contributed by atoms with van der Waals surface area (Å²) in [4.78, 5) is 34.5. The summed E-state index contributed by atoms with van der Waals surface area (Å²) in [7, 11) is 3.70. The van der Waals surface area contributed by atoms with Gasteiger partial charge in [0.25, 0.3) is 5.91 Å². The Morgan fingerprint density at radius 2 is 1.76 bits per heavy atom. The lowest BCUT2D eigenvalue weighted by Crippen LogP contribution is -2.44. The van der Waals surface area contributed by atoms with E-state index in [1.165, 1.54) is 6.07 Å². The number of carbonyl (C=O) groups excluding carboxylic acids is 1. The van der Waals surface area contributed by atoms with Crippen LogP contribution in [0.2, 0.25) is 0 Å². The van der Waals surface area contributed by atoms with Crippen molar-refractivity contribution in [3.8, 4) is 5.75 Å². The zero-order valence-electron chi connectivity index (χ0n) is 22.0. The van der Waals surface area contributed by atoms with Crippen LogP contribution in [0, 0.1) is 0 Å². The lowest BCUT2D eigenvalue weighted by atomic mass is 10.0. The summed E-state index contributed by atoms with van der Waals surface area (Å²) in [6.45, 7) is 5.61. The molecule has 3 aromatic rings. The van der Waals surface area contributed by atoms with Gasteiger partial charge >= 0.3 is 5.97 Å². The van der Waals surface area contributed by atoms with Gasteiger partial charge in [0.2, 0.25) is 0 Å². The van der Waals surface area contributed by atoms with E-state index < -0.39 is 11.9 Å². The molecule has 9 heteroatoms. The molecule has 0 bridgehead atoms. The van der Waals surface area contributed by atoms with Crippen molar-refractivity contribution >= 4 is 22.8 Å². The minimum atomic E-state index is -1.10. The number of fused-ring (bicyclic) bond motifs is 1. The third-order valence-corrected chi connectivity index (χ3v) is 6.99. The first-order valence-corrected chi connectivity index (χ1v) is 13.0. The summed E-state index contributed by atoms with van der Waals surface area (Å²) < 4.78 is 5.27. The number of likely N-dealkylation sites (N-methyl/N-ethyl adjacent to an activating group) is 1. The summed E-state index contributed by atoms with van der Waals surface area (Å²) in [5.41, 5.74) is 2.55. The Kier molecular flexibility index (Phi) is 9.28. The average Bonchev–Trinajstić information content (AvgIpc) is 2.90. The van der Waals surface area contributed by atoms with Gasteiger partial charge in [0.15, 0.2) is 0 Å². The highest BCUT2D eigenvalue weighted by Gasteiger charge is 2.20. The number of phenols is 1. The fraction of sp³-hybridized carbons (Fsp3) is 0.414. The number of pyridine rings is 1. The molecule has 2 aromatic carbocycles. The number of amides is 1. The van der Waals surface area contributed by atoms with Gasteiger partial charge in [-0.1, -0.05) is 18.2 Å². The van der Waals surface area contributed by atoms with E-state index in [0.29, 0.717) is 17.3 Å². The van der Waals surface area contributed by atoms with E-state index in [2.05, 4.69) is 27.1 Å². The van der Waals surface area contributed by atoms with Crippen LogP contribution in [-0.2, 0) is 17.6 Å². The van der Waals surface area contributed by atoms with Gasteiger partial charge in [0.05, 0.1) is 23.7 Å². The van der Waals surface area contributed by atoms with Crippen molar-refractivity contribution in [3.63, 3.8) is 0 Å². The molecule has 38 heavy (non-hydrogen) atoms. The number of aromatic carboxylic acids is 1. The molecule has 0 spiro atoms. The maximum absolute atomic E-state index is 13.1. The second-order valence-corrected chi connectivity index (χ2v) is 9.96. The number of aromatic hydroxyl groups is 1. The van der Waals surface area contributed by atoms with Crippen LogP contribution in [0.3, 0.4) is 0 Å². The number of piperazine rings is 1. The lowest BCUT2D eigenvalue weighted by molar-refractivity contribution is 0.0699. The van der Waals surface area contributed by atoms with Crippen LogP contribution in [-0.4, -0.2) is 96.4 Å². The molecule has 1 saturated heterocycles. The van der Waals surface area contributed by atoms with E-state index in [1.54, 1.807) is 37.4 Å². The topological polar surface area (TPSA) is 115 Å². The van der Waals surface area contributed by atoms with Gasteiger partial charge in [-0.3, -0.25) is 4.79 Å². The van der Waals surface area contributed by atoms with Gasteiger partial charge in [-0.25, -0.2) is 9.78 Å². The third-order valence-electron chi connectivity index (χ3n) is 6.99. The number of carboxylic acid groups (broad SMARTS) is 1. The molecule has 2 heterocycles. The van der Waals surface area contributed by atoms with Crippen LogP contribution in [0.5, 0.6) is 5.75 Å². The van der Waals surface area contributed by atoms with Crippen LogP contribution >= 0.6 is 0 Å². The molecule has 0 radical (unpaired) electrons. The van der Waals surface area contributed by atoms with Crippen LogP contribution in [0.15, 0.2) is 48.5 Å². The molecular formula is C29H36N4O5. The van der Waals surface area contributed by atoms with E-state index in [9.17, 15) is 19.8 Å². The van der Waals surface area contributed by atoms with E-state index in [0.717, 1.165) is 56.7 Å². The predicted molar refractivity (Wildman–Crippen MR) is 146 cm³/mol. The minimum Gasteiger partial charge on any atom is -0.508 e. The number of hydrogen-bond acceptors (Lipinski definition) is 7. The van der Waals surface area contributed by atoms with E-state index in [4.69, 9.17) is 4.74 Å². The molecule has 1 fully saturated rings. The van der Waals surface area contributed by atoms with Crippen molar-refractivity contribution < 1.29 is 24.5 Å². The zero-order chi connectivity index (χ0) is 27.1. The first-order chi connectivity index (χ1) is 18.3. The quantitative estimate of drug-likeness (QED) is 0.354. The minimum absolute atomic E-state index is 0.0459. The molecule has 1 aromatic heterocycles. The van der Waals surface area contributed by atoms with Gasteiger partial charge in [-0.15, -0.1) is 0 Å². The molecule has 3 N–H and O–H groups in total. The molecule has 0 saturated carbocycles. The van der Waals surface area contributed by atoms with E-state index >= 15 is 0 Å². The van der Waals surface area contributed by atoms with Crippen molar-refractivity contribution in [2.24, 2.45) is 0 Å². The molecule has 9 nitrogen and oxygen atoms in total. The fourth-order valence-electron chi connectivity index (χ4n) is 4.83. The Morgan fingerprint density at radius 3 is 2.45 bits per heavy atom. The number of nitrogens with one attached hydrogen (secondary N) is 1. The van der Waals surface area contributed by atoms with Crippen molar-refractivity contribution in [2.45, 2.75) is 25.3 Å². The molecule has 4 rings (SSSR count). The maximum Gasteiger partial charge on any atom is 0.336 e. The van der Waals surface area contributed by atoms with Crippen LogP contribution < -0.4 is 5.32 Å². The van der Waals surface area contributed by atoms with Crippen LogP contribution in [0.1, 0.15) is 38.4 Å². The number of carbonyl (C=O) groups is 2. The third kappa shape index (κ3) is 7.28. The van der Waals surface area contributed by atoms with Gasteiger partial charge < -0.3 is 30.1 Å². The molecule has 1 aliphatic heterocycles. The molecule has 1 amide bonds. The molecular weight excluding hydrogens is 484 g/mol.